The second-order valence-corrected chi connectivity index (χ2v) is 9.56. The minimum Gasteiger partial charge on any atom is -0.460 e. The molecule has 2 saturated heterocycles. The molecule has 3 N–H and O–H groups in total. The molecule has 2 aromatic carbocycles. The van der Waals surface area contributed by atoms with E-state index in [-0.39, 0.29) is 13.2 Å². The molecule has 37 heavy (non-hydrogen) atoms. The lowest BCUT2D eigenvalue weighted by molar-refractivity contribution is -0.292. The fourth-order valence-corrected chi connectivity index (χ4v) is 4.60. The molecule has 9 heteroatoms. The molecule has 2 heterocycles. The molecule has 2 aliphatic rings. The largest absolute Gasteiger partial charge is 0.460 e. The van der Waals surface area contributed by atoms with Crippen LogP contribution in [0.25, 0.3) is 0 Å². The normalized spacial score (nSPS) is 28.0. The van der Waals surface area contributed by atoms with E-state index in [2.05, 4.69) is 6.92 Å². The van der Waals surface area contributed by atoms with Gasteiger partial charge in [-0.25, -0.2) is 4.79 Å². The molecule has 0 spiro atoms. The smallest absolute Gasteiger partial charge is 0.338 e. The highest BCUT2D eigenvalue weighted by Gasteiger charge is 2.61. The van der Waals surface area contributed by atoms with Gasteiger partial charge in [-0.2, -0.15) is 0 Å². The van der Waals surface area contributed by atoms with Crippen molar-refractivity contribution < 1.29 is 43.8 Å². The van der Waals surface area contributed by atoms with Crippen molar-refractivity contribution in [3.63, 3.8) is 0 Å². The van der Waals surface area contributed by atoms with E-state index in [4.69, 9.17) is 23.7 Å². The van der Waals surface area contributed by atoms with Crippen LogP contribution >= 0.6 is 0 Å². The van der Waals surface area contributed by atoms with Gasteiger partial charge in [-0.1, -0.05) is 55.3 Å². The van der Waals surface area contributed by atoms with Crippen LogP contribution in [0.5, 0.6) is 0 Å². The molecular formula is C28H36O9. The number of fused-ring (bicyclic) bond motifs is 1. The van der Waals surface area contributed by atoms with Crippen molar-refractivity contribution in [1.29, 1.82) is 0 Å². The van der Waals surface area contributed by atoms with Crippen LogP contribution in [0, 0.1) is 6.92 Å². The highest BCUT2D eigenvalue weighted by molar-refractivity contribution is 5.89. The molecule has 2 aromatic rings. The zero-order valence-electron chi connectivity index (χ0n) is 21.2. The predicted molar refractivity (Wildman–Crippen MR) is 133 cm³/mol. The van der Waals surface area contributed by atoms with Crippen molar-refractivity contribution >= 4 is 5.97 Å². The van der Waals surface area contributed by atoms with Crippen LogP contribution in [0.4, 0.5) is 0 Å². The summed E-state index contributed by atoms with van der Waals surface area (Å²) in [6, 6.07) is 14.1. The molecule has 202 valence electrons. The van der Waals surface area contributed by atoms with Gasteiger partial charge in [0.1, 0.15) is 36.6 Å². The number of esters is 1. The lowest BCUT2D eigenvalue weighted by Gasteiger charge is -2.41. The van der Waals surface area contributed by atoms with Crippen LogP contribution in [0.1, 0.15) is 59.2 Å². The first kappa shape index (κ1) is 27.7. The van der Waals surface area contributed by atoms with Crippen molar-refractivity contribution in [2.45, 2.75) is 63.0 Å². The number of aliphatic hydroxyl groups excluding tert-OH is 2. The second-order valence-electron chi connectivity index (χ2n) is 9.56. The summed E-state index contributed by atoms with van der Waals surface area (Å²) < 4.78 is 28.7. The number of unbranched alkanes of at least 4 members (excludes halogenated alkanes) is 1. The van der Waals surface area contributed by atoms with Crippen LogP contribution in [0.15, 0.2) is 48.5 Å². The fraction of sp³-hybridized carbons (Fsp3) is 0.536. The van der Waals surface area contributed by atoms with Crippen molar-refractivity contribution in [3.05, 3.63) is 70.8 Å². The summed E-state index contributed by atoms with van der Waals surface area (Å²) in [5.41, 5.74) is 1.20. The molecule has 2 aliphatic heterocycles. The van der Waals surface area contributed by atoms with Gasteiger partial charge in [-0.15, -0.1) is 0 Å². The van der Waals surface area contributed by atoms with Gasteiger partial charge < -0.3 is 39.0 Å². The Bertz CT molecular complexity index is 1010. The summed E-state index contributed by atoms with van der Waals surface area (Å²) in [7, 11) is 0. The summed E-state index contributed by atoms with van der Waals surface area (Å²) in [4.78, 5) is 12.3. The Morgan fingerprint density at radius 2 is 1.76 bits per heavy atom. The van der Waals surface area contributed by atoms with Gasteiger partial charge in [-0.3, -0.25) is 0 Å². The van der Waals surface area contributed by atoms with Gasteiger partial charge in [0.25, 0.3) is 0 Å². The van der Waals surface area contributed by atoms with Gasteiger partial charge >= 0.3 is 5.97 Å². The Morgan fingerprint density at radius 1 is 1.05 bits per heavy atom. The van der Waals surface area contributed by atoms with Crippen LogP contribution in [-0.2, 0) is 23.7 Å². The predicted octanol–water partition coefficient (Wildman–Crippen LogP) is 2.61. The van der Waals surface area contributed by atoms with E-state index in [0.717, 1.165) is 24.0 Å². The third-order valence-electron chi connectivity index (χ3n) is 6.74. The third-order valence-corrected chi connectivity index (χ3v) is 6.74. The molecule has 6 atom stereocenters. The van der Waals surface area contributed by atoms with Crippen LogP contribution in [-0.4, -0.2) is 78.2 Å². The Morgan fingerprint density at radius 3 is 2.43 bits per heavy atom. The molecule has 3 unspecified atom stereocenters. The van der Waals surface area contributed by atoms with E-state index in [1.165, 1.54) is 0 Å². The highest BCUT2D eigenvalue weighted by atomic mass is 16.7. The Hall–Kier alpha value is -2.37. The van der Waals surface area contributed by atoms with E-state index in [9.17, 15) is 20.1 Å². The number of benzene rings is 2. The molecule has 0 aliphatic carbocycles. The lowest BCUT2D eigenvalue weighted by Crippen LogP contribution is -2.56. The van der Waals surface area contributed by atoms with Gasteiger partial charge in [-0.05, 0) is 31.0 Å². The summed E-state index contributed by atoms with van der Waals surface area (Å²) in [5, 5.41) is 31.6. The van der Waals surface area contributed by atoms with Crippen LogP contribution in [0.2, 0.25) is 0 Å². The monoisotopic (exact) mass is 516 g/mol. The van der Waals surface area contributed by atoms with E-state index in [1.807, 2.05) is 31.2 Å². The highest BCUT2D eigenvalue weighted by Crippen LogP contribution is 2.49. The van der Waals surface area contributed by atoms with Gasteiger partial charge in [0.2, 0.25) is 0 Å². The SMILES string of the molecule is CCCCOCCOC(=O)c1ccc(C2OC[C@@]3(O)C(c4ccc(C)cc4)O[C@H](C(O)CO)[C@@H]3O2)cc1. The molecular weight excluding hydrogens is 480 g/mol. The molecule has 0 aromatic heterocycles. The van der Waals surface area contributed by atoms with Crippen molar-refractivity contribution in [1.82, 2.24) is 0 Å². The number of hydrogen-bond donors (Lipinski definition) is 3. The minimum absolute atomic E-state index is 0.114. The molecule has 2 fully saturated rings. The first-order valence-electron chi connectivity index (χ1n) is 12.7. The number of rotatable bonds is 11. The van der Waals surface area contributed by atoms with E-state index >= 15 is 0 Å². The Kier molecular flexibility index (Phi) is 9.31. The summed E-state index contributed by atoms with van der Waals surface area (Å²) in [6.07, 6.45) is -2.85. The average Bonchev–Trinajstić information content (AvgIpc) is 3.23. The number of hydrogen-bond acceptors (Lipinski definition) is 9. The topological polar surface area (TPSA) is 124 Å². The summed E-state index contributed by atoms with van der Waals surface area (Å²) in [5.74, 6) is -0.457. The molecule has 0 radical (unpaired) electrons. The summed E-state index contributed by atoms with van der Waals surface area (Å²) >= 11 is 0. The maximum atomic E-state index is 12.3. The van der Waals surface area contributed by atoms with Crippen molar-refractivity contribution in [2.24, 2.45) is 0 Å². The zero-order chi connectivity index (χ0) is 26.4. The Labute approximate surface area is 216 Å². The zero-order valence-corrected chi connectivity index (χ0v) is 21.2. The first-order chi connectivity index (χ1) is 17.9. The standard InChI is InChI=1S/C28H36O9/c1-3-4-13-33-14-15-34-26(31)20-9-11-21(12-10-20)27-35-17-28(32)24(19-7-5-18(2)6-8-19)36-23(22(30)16-29)25(28)37-27/h5-12,22-25,27,29-30,32H,3-4,13-17H2,1-2H3/t22?,23-,24?,25+,27?,28-/m1/s1. The van der Waals surface area contributed by atoms with Gasteiger partial charge in [0, 0.05) is 12.2 Å². The Balaban J connectivity index is 1.42. The molecule has 9 nitrogen and oxygen atoms in total. The number of carbonyl (C=O) groups excluding carboxylic acids is 1. The van der Waals surface area contributed by atoms with Crippen molar-refractivity contribution in [2.75, 3.05) is 33.0 Å². The second kappa shape index (κ2) is 12.4. The minimum atomic E-state index is -1.57. The van der Waals surface area contributed by atoms with Crippen LogP contribution < -0.4 is 0 Å². The molecule has 4 rings (SSSR count). The first-order valence-corrected chi connectivity index (χ1v) is 12.7. The lowest BCUT2D eigenvalue weighted by atomic mass is 9.85. The fourth-order valence-electron chi connectivity index (χ4n) is 4.60. The number of carbonyl (C=O) groups is 1. The van der Waals surface area contributed by atoms with Gasteiger partial charge in [0.05, 0.1) is 25.4 Å². The van der Waals surface area contributed by atoms with E-state index < -0.39 is 48.9 Å². The van der Waals surface area contributed by atoms with Gasteiger partial charge in [0.15, 0.2) is 6.29 Å². The number of aryl methyl sites for hydroxylation is 1. The average molecular weight is 517 g/mol. The van der Waals surface area contributed by atoms with Crippen molar-refractivity contribution in [3.8, 4) is 0 Å². The molecule has 0 bridgehead atoms. The third kappa shape index (κ3) is 6.21. The number of ether oxygens (including phenoxy) is 5. The molecule has 0 saturated carbocycles. The maximum absolute atomic E-state index is 12.3. The molecule has 0 amide bonds. The number of aliphatic hydroxyl groups is 3. The van der Waals surface area contributed by atoms with E-state index in [0.29, 0.717) is 24.3 Å². The van der Waals surface area contributed by atoms with Crippen LogP contribution in [0.3, 0.4) is 0 Å². The quantitative estimate of drug-likeness (QED) is 0.305. The maximum Gasteiger partial charge on any atom is 0.338 e. The summed E-state index contributed by atoms with van der Waals surface area (Å²) in [6.45, 7) is 4.55. The van der Waals surface area contributed by atoms with E-state index in [1.54, 1.807) is 24.3 Å².